The Kier molecular flexibility index (Phi) is 4.40. The number of hydrogen-bond donors (Lipinski definition) is 2. The van der Waals surface area contributed by atoms with Gasteiger partial charge in [0.2, 0.25) is 0 Å². The van der Waals surface area contributed by atoms with Crippen molar-refractivity contribution in [1.29, 1.82) is 0 Å². The first kappa shape index (κ1) is 11.6. The van der Waals surface area contributed by atoms with Gasteiger partial charge in [0.05, 0.1) is 0 Å². The average molecular weight is 221 g/mol. The number of rotatable bonds is 5. The largest absolute Gasteiger partial charge is 0.349 e. The quantitative estimate of drug-likeness (QED) is 0.749. The zero-order valence-electron chi connectivity index (χ0n) is 10.2. The molecule has 1 aliphatic carbocycles. The topological polar surface area (TPSA) is 40.7 Å². The van der Waals surface area contributed by atoms with E-state index in [9.17, 15) is 0 Å². The molecule has 0 unspecified atom stereocenters. The van der Waals surface area contributed by atoms with E-state index >= 15 is 0 Å². The number of hydrogen-bond acceptors (Lipinski definition) is 2. The van der Waals surface area contributed by atoms with Gasteiger partial charge in [-0.05, 0) is 31.2 Å². The van der Waals surface area contributed by atoms with Crippen LogP contribution in [0, 0.1) is 11.8 Å². The second-order valence-electron chi connectivity index (χ2n) is 5.12. The molecule has 1 aromatic heterocycles. The molecule has 2 rings (SSSR count). The van der Waals surface area contributed by atoms with Crippen LogP contribution in [-0.2, 0) is 6.42 Å². The Morgan fingerprint density at radius 3 is 2.88 bits per heavy atom. The minimum Gasteiger partial charge on any atom is -0.349 e. The van der Waals surface area contributed by atoms with Gasteiger partial charge in [-0.1, -0.05) is 19.8 Å². The lowest BCUT2D eigenvalue weighted by Crippen LogP contribution is -2.27. The van der Waals surface area contributed by atoms with Gasteiger partial charge in [-0.3, -0.25) is 0 Å². The second kappa shape index (κ2) is 6.04. The molecule has 0 radical (unpaired) electrons. The number of nitrogens with one attached hydrogen (secondary N) is 2. The molecular weight excluding hydrogens is 198 g/mol. The first-order chi connectivity index (χ1) is 7.84. The zero-order chi connectivity index (χ0) is 11.2. The van der Waals surface area contributed by atoms with Crippen LogP contribution in [0.15, 0.2) is 12.4 Å². The van der Waals surface area contributed by atoms with Gasteiger partial charge in [-0.15, -0.1) is 0 Å². The van der Waals surface area contributed by atoms with Crippen molar-refractivity contribution in [2.45, 2.75) is 39.0 Å². The third-order valence-electron chi connectivity index (χ3n) is 3.66. The monoisotopic (exact) mass is 221 g/mol. The Morgan fingerprint density at radius 2 is 2.19 bits per heavy atom. The van der Waals surface area contributed by atoms with E-state index in [1.807, 2.05) is 12.4 Å². The highest BCUT2D eigenvalue weighted by atomic mass is 14.9. The normalized spacial score (nSPS) is 25.8. The maximum Gasteiger partial charge on any atom is 0.107 e. The van der Waals surface area contributed by atoms with Crippen molar-refractivity contribution < 1.29 is 0 Å². The molecule has 0 aliphatic heterocycles. The highest BCUT2D eigenvalue weighted by Crippen LogP contribution is 2.27. The molecule has 0 spiro atoms. The molecule has 1 heterocycles. The summed E-state index contributed by atoms with van der Waals surface area (Å²) >= 11 is 0. The highest BCUT2D eigenvalue weighted by Gasteiger charge is 2.17. The summed E-state index contributed by atoms with van der Waals surface area (Å²) in [5.41, 5.74) is 0. The van der Waals surface area contributed by atoms with Crippen LogP contribution >= 0.6 is 0 Å². The molecule has 3 heteroatoms. The van der Waals surface area contributed by atoms with Gasteiger partial charge in [0.15, 0.2) is 0 Å². The van der Waals surface area contributed by atoms with Crippen molar-refractivity contribution in [3.05, 3.63) is 18.2 Å². The van der Waals surface area contributed by atoms with Crippen LogP contribution in [0.25, 0.3) is 0 Å². The van der Waals surface area contributed by atoms with E-state index < -0.39 is 0 Å². The highest BCUT2D eigenvalue weighted by molar-refractivity contribution is 4.87. The number of imidazole rings is 1. The van der Waals surface area contributed by atoms with E-state index in [1.54, 1.807) is 0 Å². The minimum absolute atomic E-state index is 0.910. The predicted molar refractivity (Wildman–Crippen MR) is 66.3 cm³/mol. The van der Waals surface area contributed by atoms with Crippen molar-refractivity contribution in [2.24, 2.45) is 11.8 Å². The van der Waals surface area contributed by atoms with Gasteiger partial charge in [-0.2, -0.15) is 0 Å². The van der Waals surface area contributed by atoms with E-state index in [-0.39, 0.29) is 0 Å². The number of H-pyrrole nitrogens is 1. The lowest BCUT2D eigenvalue weighted by Gasteiger charge is -2.26. The Bertz CT molecular complexity index is 273. The Labute approximate surface area is 98.1 Å². The van der Waals surface area contributed by atoms with Crippen molar-refractivity contribution in [1.82, 2.24) is 15.3 Å². The van der Waals surface area contributed by atoms with E-state index in [0.717, 1.165) is 30.6 Å². The molecule has 0 saturated heterocycles. The molecule has 1 saturated carbocycles. The molecule has 1 aromatic rings. The summed E-state index contributed by atoms with van der Waals surface area (Å²) in [6.07, 6.45) is 10.4. The van der Waals surface area contributed by atoms with Crippen molar-refractivity contribution in [3.8, 4) is 0 Å². The summed E-state index contributed by atoms with van der Waals surface area (Å²) in [6.45, 7) is 4.60. The summed E-state index contributed by atoms with van der Waals surface area (Å²) in [7, 11) is 0. The van der Waals surface area contributed by atoms with Crippen LogP contribution in [0.4, 0.5) is 0 Å². The minimum atomic E-state index is 0.910. The summed E-state index contributed by atoms with van der Waals surface area (Å²) in [4.78, 5) is 7.35. The van der Waals surface area contributed by atoms with Crippen molar-refractivity contribution in [2.75, 3.05) is 13.1 Å². The molecule has 1 aliphatic rings. The van der Waals surface area contributed by atoms with Gasteiger partial charge < -0.3 is 10.3 Å². The predicted octanol–water partition coefficient (Wildman–Crippen LogP) is 2.37. The van der Waals surface area contributed by atoms with Gasteiger partial charge in [-0.25, -0.2) is 4.98 Å². The van der Waals surface area contributed by atoms with E-state index in [2.05, 4.69) is 22.2 Å². The first-order valence-electron chi connectivity index (χ1n) is 6.53. The summed E-state index contributed by atoms with van der Waals surface area (Å²) in [5.74, 6) is 2.96. The third-order valence-corrected chi connectivity index (χ3v) is 3.66. The van der Waals surface area contributed by atoms with Crippen LogP contribution in [-0.4, -0.2) is 23.1 Å². The molecule has 0 atom stereocenters. The number of aromatic amines is 1. The molecule has 16 heavy (non-hydrogen) atoms. The average Bonchev–Trinajstić information content (AvgIpc) is 2.80. The molecule has 0 bridgehead atoms. The van der Waals surface area contributed by atoms with Gasteiger partial charge in [0, 0.05) is 25.4 Å². The number of nitrogens with zero attached hydrogens (tertiary/aromatic N) is 1. The SMILES string of the molecule is CC1CCC(CNCCc2ncc[nH]2)CC1. The molecule has 90 valence electrons. The van der Waals surface area contributed by atoms with Crippen LogP contribution in [0.3, 0.4) is 0 Å². The smallest absolute Gasteiger partial charge is 0.107 e. The summed E-state index contributed by atoms with van der Waals surface area (Å²) < 4.78 is 0. The van der Waals surface area contributed by atoms with E-state index in [1.165, 1.54) is 32.2 Å². The van der Waals surface area contributed by atoms with Crippen molar-refractivity contribution in [3.63, 3.8) is 0 Å². The molecule has 2 N–H and O–H groups in total. The molecule has 1 fully saturated rings. The standard InChI is InChI=1S/C13H23N3/c1-11-2-4-12(5-3-11)10-14-7-6-13-15-8-9-16-13/h8-9,11-12,14H,2-7,10H2,1H3,(H,15,16). The van der Waals surface area contributed by atoms with Crippen LogP contribution in [0.1, 0.15) is 38.4 Å². The zero-order valence-corrected chi connectivity index (χ0v) is 10.2. The first-order valence-corrected chi connectivity index (χ1v) is 6.53. The Morgan fingerprint density at radius 1 is 1.38 bits per heavy atom. The third kappa shape index (κ3) is 3.63. The lowest BCUT2D eigenvalue weighted by atomic mass is 9.83. The molecule has 0 aromatic carbocycles. The fraction of sp³-hybridized carbons (Fsp3) is 0.769. The summed E-state index contributed by atoms with van der Waals surface area (Å²) in [5, 5.41) is 3.55. The fourth-order valence-electron chi connectivity index (χ4n) is 2.48. The van der Waals surface area contributed by atoms with Crippen LogP contribution in [0.5, 0.6) is 0 Å². The molecule has 0 amide bonds. The maximum atomic E-state index is 4.21. The maximum absolute atomic E-state index is 4.21. The molecular formula is C13H23N3. The lowest BCUT2D eigenvalue weighted by molar-refractivity contribution is 0.282. The summed E-state index contributed by atoms with van der Waals surface area (Å²) in [6, 6.07) is 0. The Hall–Kier alpha value is -0.830. The van der Waals surface area contributed by atoms with E-state index in [4.69, 9.17) is 0 Å². The van der Waals surface area contributed by atoms with Gasteiger partial charge >= 0.3 is 0 Å². The van der Waals surface area contributed by atoms with Gasteiger partial charge in [0.1, 0.15) is 5.82 Å². The van der Waals surface area contributed by atoms with Crippen molar-refractivity contribution >= 4 is 0 Å². The van der Waals surface area contributed by atoms with E-state index in [0.29, 0.717) is 0 Å². The van der Waals surface area contributed by atoms with Crippen LogP contribution in [0.2, 0.25) is 0 Å². The van der Waals surface area contributed by atoms with Crippen LogP contribution < -0.4 is 5.32 Å². The fourth-order valence-corrected chi connectivity index (χ4v) is 2.48. The van der Waals surface area contributed by atoms with Gasteiger partial charge in [0.25, 0.3) is 0 Å². The second-order valence-corrected chi connectivity index (χ2v) is 5.12. The number of aromatic nitrogens is 2. The Balaban J connectivity index is 1.55. The molecule has 3 nitrogen and oxygen atoms in total.